The van der Waals surface area contributed by atoms with Crippen LogP contribution in [0.1, 0.15) is 290 Å². The summed E-state index contributed by atoms with van der Waals surface area (Å²) in [6.45, 7) is 6.68. The van der Waals surface area contributed by atoms with Crippen LogP contribution >= 0.6 is 7.82 Å². The molecule has 0 aromatic carbocycles. The molecule has 0 saturated carbocycles. The van der Waals surface area contributed by atoms with Crippen molar-refractivity contribution in [3.8, 4) is 0 Å². The van der Waals surface area contributed by atoms with Gasteiger partial charge in [0.05, 0.1) is 33.8 Å². The van der Waals surface area contributed by atoms with Crippen LogP contribution in [0.25, 0.3) is 0 Å². The van der Waals surface area contributed by atoms with Crippen LogP contribution in [0.2, 0.25) is 0 Å². The second-order valence-corrected chi connectivity index (χ2v) is 25.7. The average molecular weight is 1200 g/mol. The number of carbonyl (C=O) groups excluding carboxylic acids is 2. The zero-order chi connectivity index (χ0) is 62.1. The maximum absolute atomic E-state index is 13.6. The van der Waals surface area contributed by atoms with Gasteiger partial charge in [0.2, 0.25) is 5.91 Å². The summed E-state index contributed by atoms with van der Waals surface area (Å²) >= 11 is 0. The molecule has 85 heavy (non-hydrogen) atoms. The van der Waals surface area contributed by atoms with Crippen molar-refractivity contribution < 1.29 is 37.3 Å². The molecule has 0 aliphatic carbocycles. The number of esters is 1. The van der Waals surface area contributed by atoms with Crippen molar-refractivity contribution in [3.63, 3.8) is 0 Å². The molecule has 0 aromatic heterocycles. The molecule has 0 radical (unpaired) electrons. The van der Waals surface area contributed by atoms with Gasteiger partial charge >= 0.3 is 5.97 Å². The Labute approximate surface area is 524 Å². The number of carbonyl (C=O) groups is 2. The van der Waals surface area contributed by atoms with Gasteiger partial charge in [-0.2, -0.15) is 0 Å². The Kier molecular flexibility index (Phi) is 60.8. The van der Waals surface area contributed by atoms with Crippen LogP contribution in [0, 0.1) is 0 Å². The predicted molar refractivity (Wildman–Crippen MR) is 367 cm³/mol. The highest BCUT2D eigenvalue weighted by Gasteiger charge is 2.27. The van der Waals surface area contributed by atoms with E-state index in [-0.39, 0.29) is 31.3 Å². The van der Waals surface area contributed by atoms with E-state index < -0.39 is 26.6 Å². The molecule has 0 fully saturated rings. The second-order valence-electron chi connectivity index (χ2n) is 24.3. The summed E-state index contributed by atoms with van der Waals surface area (Å²) in [6.07, 6.45) is 88.9. The lowest BCUT2D eigenvalue weighted by Gasteiger charge is -2.30. The first-order valence-electron chi connectivity index (χ1n) is 34.8. The highest BCUT2D eigenvalue weighted by atomic mass is 31.2. The van der Waals surface area contributed by atoms with Crippen molar-refractivity contribution in [2.24, 2.45) is 0 Å². The minimum Gasteiger partial charge on any atom is -0.756 e. The highest BCUT2D eigenvalue weighted by molar-refractivity contribution is 7.45. The smallest absolute Gasteiger partial charge is 0.306 e. The number of phosphoric acid groups is 1. The summed E-state index contributed by atoms with van der Waals surface area (Å²) < 4.78 is 30.4. The average Bonchev–Trinajstić information content (AvgIpc) is 3.50. The third kappa shape index (κ3) is 64.7. The zero-order valence-electron chi connectivity index (χ0n) is 55.8. The number of likely N-dealkylation sites (N-methyl/N-ethyl adjacent to an activating group) is 1. The molecule has 0 aromatic rings. The first-order valence-corrected chi connectivity index (χ1v) is 36.3. The predicted octanol–water partition coefficient (Wildman–Crippen LogP) is 21.6. The van der Waals surface area contributed by atoms with Gasteiger partial charge in [0.25, 0.3) is 7.82 Å². The standard InChI is InChI=1S/C75H131N2O7P/c1-7-10-13-16-19-22-25-28-30-32-34-36-37-38-39-41-43-45-47-50-53-56-59-62-65-68-75(79)84-73(66-63-60-57-54-51-48-27-24-21-18-15-12-9-3)72(71-83-85(80,81)82-70-69-77(4,5)6)76-74(78)67-64-61-58-55-52-49-46-44-42-40-35-33-31-29-26-23-20-17-14-11-8-2/h11,14,19-20,22-23,28-31,34-36,40,44,46,52,55,63,66,72-73H,7-10,12-13,15-18,21,24-27,32-33,37-39,41-43,45,47-51,53-54,56-62,64-65,67-71H2,1-6H3,(H-,76,78,80,81)/b14-11-,22-19-,23-20-,30-28-,31-29-,36-34-,40-35-,46-44-,55-52-,66-63+. The third-order valence-electron chi connectivity index (χ3n) is 14.9. The van der Waals surface area contributed by atoms with E-state index >= 15 is 0 Å². The number of phosphoric ester groups is 1. The number of nitrogens with one attached hydrogen (secondary N) is 1. The van der Waals surface area contributed by atoms with E-state index in [9.17, 15) is 19.0 Å². The molecule has 0 aliphatic rings. The van der Waals surface area contributed by atoms with E-state index in [2.05, 4.69) is 135 Å². The lowest BCUT2D eigenvalue weighted by Crippen LogP contribution is -2.47. The van der Waals surface area contributed by atoms with Crippen molar-refractivity contribution in [3.05, 3.63) is 122 Å². The van der Waals surface area contributed by atoms with Crippen molar-refractivity contribution in [2.45, 2.75) is 303 Å². The lowest BCUT2D eigenvalue weighted by atomic mass is 10.0. The Morgan fingerprint density at radius 1 is 0.424 bits per heavy atom. The Hall–Kier alpha value is -3.59. The number of quaternary nitrogens is 1. The summed E-state index contributed by atoms with van der Waals surface area (Å²) in [4.78, 5) is 40.2. The van der Waals surface area contributed by atoms with E-state index in [1.54, 1.807) is 0 Å². The molecule has 0 spiro atoms. The normalized spacial score (nSPS) is 14.3. The maximum atomic E-state index is 13.6. The third-order valence-corrected chi connectivity index (χ3v) is 15.8. The lowest BCUT2D eigenvalue weighted by molar-refractivity contribution is -0.870. The minimum atomic E-state index is -4.73. The fourth-order valence-corrected chi connectivity index (χ4v) is 10.3. The molecule has 0 rings (SSSR count). The molecule has 0 aliphatic heterocycles. The summed E-state index contributed by atoms with van der Waals surface area (Å²) in [5.41, 5.74) is 0. The molecule has 0 bridgehead atoms. The summed E-state index contributed by atoms with van der Waals surface area (Å²) in [5, 5.41) is 3.01. The fourth-order valence-electron chi connectivity index (χ4n) is 9.53. The van der Waals surface area contributed by atoms with Gasteiger partial charge in [0, 0.05) is 12.8 Å². The first kappa shape index (κ1) is 81.4. The molecule has 10 heteroatoms. The molecular weight excluding hydrogens is 1070 g/mol. The Bertz CT molecular complexity index is 1870. The van der Waals surface area contributed by atoms with Crippen molar-refractivity contribution in [1.82, 2.24) is 5.32 Å². The van der Waals surface area contributed by atoms with E-state index in [1.165, 1.54) is 141 Å². The van der Waals surface area contributed by atoms with Crippen LogP contribution in [-0.4, -0.2) is 69.4 Å². The molecule has 1 N–H and O–H groups in total. The van der Waals surface area contributed by atoms with Gasteiger partial charge in [-0.3, -0.25) is 14.2 Å². The monoisotopic (exact) mass is 1200 g/mol. The van der Waals surface area contributed by atoms with Crippen LogP contribution in [0.5, 0.6) is 0 Å². The summed E-state index contributed by atoms with van der Waals surface area (Å²) in [5.74, 6) is -0.595. The molecule has 1 amide bonds. The van der Waals surface area contributed by atoms with Gasteiger partial charge in [-0.25, -0.2) is 0 Å². The Morgan fingerprint density at radius 2 is 0.753 bits per heavy atom. The molecule has 488 valence electrons. The van der Waals surface area contributed by atoms with Crippen LogP contribution in [0.15, 0.2) is 122 Å². The number of unbranched alkanes of at least 4 members (excludes halogenated alkanes) is 28. The number of hydrogen-bond acceptors (Lipinski definition) is 7. The van der Waals surface area contributed by atoms with Crippen LogP contribution in [-0.2, 0) is 27.9 Å². The van der Waals surface area contributed by atoms with Gasteiger partial charge in [-0.15, -0.1) is 0 Å². The number of rotatable bonds is 62. The fraction of sp³-hybridized carbons (Fsp3) is 0.707. The van der Waals surface area contributed by atoms with E-state index in [4.69, 9.17) is 13.8 Å². The number of amides is 1. The Balaban J connectivity index is 5.21. The van der Waals surface area contributed by atoms with Crippen molar-refractivity contribution >= 4 is 19.7 Å². The quantitative estimate of drug-likeness (QED) is 0.0212. The molecule has 9 nitrogen and oxygen atoms in total. The number of hydrogen-bond donors (Lipinski definition) is 1. The number of allylic oxidation sites excluding steroid dienone is 19. The van der Waals surface area contributed by atoms with Crippen molar-refractivity contribution in [2.75, 3.05) is 40.9 Å². The second kappa shape index (κ2) is 63.4. The van der Waals surface area contributed by atoms with Gasteiger partial charge in [0.15, 0.2) is 0 Å². The highest BCUT2D eigenvalue weighted by Crippen LogP contribution is 2.38. The summed E-state index contributed by atoms with van der Waals surface area (Å²) in [6, 6.07) is -0.921. The van der Waals surface area contributed by atoms with Crippen LogP contribution in [0.3, 0.4) is 0 Å². The number of ether oxygens (including phenoxy) is 1. The minimum absolute atomic E-state index is 0.0368. The molecule has 0 heterocycles. The Morgan fingerprint density at radius 3 is 1.16 bits per heavy atom. The molecule has 3 atom stereocenters. The van der Waals surface area contributed by atoms with Crippen LogP contribution in [0.4, 0.5) is 0 Å². The molecule has 3 unspecified atom stereocenters. The summed E-state index contributed by atoms with van der Waals surface area (Å²) in [7, 11) is 1.14. The van der Waals surface area contributed by atoms with E-state index in [0.29, 0.717) is 17.4 Å². The topological polar surface area (TPSA) is 114 Å². The van der Waals surface area contributed by atoms with E-state index in [0.717, 1.165) is 109 Å². The molecular formula is C75H131N2O7P. The maximum Gasteiger partial charge on any atom is 0.306 e. The van der Waals surface area contributed by atoms with Crippen molar-refractivity contribution in [1.29, 1.82) is 0 Å². The van der Waals surface area contributed by atoms with E-state index in [1.807, 2.05) is 33.3 Å². The van der Waals surface area contributed by atoms with Gasteiger partial charge in [0.1, 0.15) is 19.3 Å². The van der Waals surface area contributed by atoms with Crippen LogP contribution < -0.4 is 10.2 Å². The zero-order valence-corrected chi connectivity index (χ0v) is 56.7. The first-order chi connectivity index (χ1) is 41.4. The van der Waals surface area contributed by atoms with Gasteiger partial charge in [-0.1, -0.05) is 277 Å². The SMILES string of the molecule is CC/C=C\C/C=C\C/C=C\C/C=C\C/C=C\C/C=C\CCCCC(=O)NC(COP(=O)([O-])OCC[N+](C)(C)C)C(/C=C/CCCCCCCCCCCCC)OC(=O)CCCCCCCCCCCCCC/C=C\C/C=C\C/C=C\CCCCC. The van der Waals surface area contributed by atoms with Gasteiger partial charge < -0.3 is 28.5 Å². The van der Waals surface area contributed by atoms with Gasteiger partial charge in [-0.05, 0) is 122 Å². The molecule has 0 saturated heterocycles. The largest absolute Gasteiger partial charge is 0.756 e. The number of nitrogens with zero attached hydrogens (tertiary/aromatic N) is 1.